The van der Waals surface area contributed by atoms with Gasteiger partial charge in [-0.3, -0.25) is 14.4 Å². The number of aliphatic carboxylic acids is 1. The fourth-order valence-corrected chi connectivity index (χ4v) is 3.29. The van der Waals surface area contributed by atoms with Gasteiger partial charge < -0.3 is 15.3 Å². The van der Waals surface area contributed by atoms with Gasteiger partial charge in [0.15, 0.2) is 0 Å². The maximum atomic E-state index is 12.7. The van der Waals surface area contributed by atoms with Gasteiger partial charge in [-0.15, -0.1) is 0 Å². The lowest BCUT2D eigenvalue weighted by Crippen LogP contribution is -2.52. The lowest BCUT2D eigenvalue weighted by molar-refractivity contribution is -0.142. The predicted molar refractivity (Wildman–Crippen MR) is 97.1 cm³/mol. The minimum Gasteiger partial charge on any atom is -0.481 e. The molecule has 0 aromatic rings. The van der Waals surface area contributed by atoms with Crippen molar-refractivity contribution in [3.8, 4) is 0 Å². The van der Waals surface area contributed by atoms with Crippen molar-refractivity contribution in [2.75, 3.05) is 13.6 Å². The number of hydrogen-bond acceptors (Lipinski definition) is 3. The molecule has 1 aliphatic heterocycles. The number of nitrogens with zero attached hydrogens (tertiary/aromatic N) is 1. The number of likely N-dealkylation sites (N-methyl/N-ethyl adjacent to an activating group) is 1. The van der Waals surface area contributed by atoms with E-state index in [4.69, 9.17) is 5.11 Å². The third-order valence-corrected chi connectivity index (χ3v) is 4.94. The van der Waals surface area contributed by atoms with Crippen LogP contribution in [0.2, 0.25) is 0 Å². The first-order valence-corrected chi connectivity index (χ1v) is 9.60. The van der Waals surface area contributed by atoms with Gasteiger partial charge in [0.05, 0.1) is 6.42 Å². The van der Waals surface area contributed by atoms with E-state index in [1.54, 1.807) is 11.9 Å². The van der Waals surface area contributed by atoms with E-state index in [0.29, 0.717) is 13.0 Å². The monoisotopic (exact) mass is 354 g/mol. The Hall–Kier alpha value is -1.59. The molecule has 1 heterocycles. The Morgan fingerprint density at radius 1 is 1.12 bits per heavy atom. The molecule has 0 radical (unpaired) electrons. The fourth-order valence-electron chi connectivity index (χ4n) is 3.29. The smallest absolute Gasteiger partial charge is 0.304 e. The van der Waals surface area contributed by atoms with Crippen molar-refractivity contribution >= 4 is 17.8 Å². The average Bonchev–Trinajstić information content (AvgIpc) is 2.54. The molecule has 25 heavy (non-hydrogen) atoms. The molecule has 1 rings (SSSR count). The minimum absolute atomic E-state index is 0.0416. The fraction of sp³-hybridized carbons (Fsp3) is 0.842. The molecule has 1 saturated heterocycles. The number of nitrogens with one attached hydrogen (secondary N) is 1. The molecule has 2 atom stereocenters. The highest BCUT2D eigenvalue weighted by atomic mass is 16.4. The van der Waals surface area contributed by atoms with Crippen molar-refractivity contribution in [3.63, 3.8) is 0 Å². The third-order valence-electron chi connectivity index (χ3n) is 4.94. The van der Waals surface area contributed by atoms with Crippen LogP contribution in [-0.2, 0) is 14.4 Å². The second-order valence-corrected chi connectivity index (χ2v) is 7.55. The van der Waals surface area contributed by atoms with Gasteiger partial charge in [0.2, 0.25) is 11.8 Å². The molecule has 0 saturated carbocycles. The normalized spacial score (nSPS) is 25.2. The summed E-state index contributed by atoms with van der Waals surface area (Å²) in [5.41, 5.74) is 0. The summed E-state index contributed by atoms with van der Waals surface area (Å²) in [5.74, 6) is -1.98. The number of carboxylic acid groups (broad SMARTS) is 1. The van der Waals surface area contributed by atoms with Gasteiger partial charge in [-0.25, -0.2) is 0 Å². The van der Waals surface area contributed by atoms with Crippen LogP contribution in [0.3, 0.4) is 0 Å². The van der Waals surface area contributed by atoms with Crippen LogP contribution in [0.4, 0.5) is 0 Å². The summed E-state index contributed by atoms with van der Waals surface area (Å²) in [5, 5.41) is 11.9. The lowest BCUT2D eigenvalue weighted by Gasteiger charge is -2.28. The number of carbonyl (C=O) groups excluding carboxylic acids is 2. The average molecular weight is 354 g/mol. The molecule has 6 heteroatoms. The predicted octanol–water partition coefficient (Wildman–Crippen LogP) is 2.81. The van der Waals surface area contributed by atoms with E-state index in [9.17, 15) is 14.4 Å². The second kappa shape index (κ2) is 11.1. The summed E-state index contributed by atoms with van der Waals surface area (Å²) >= 11 is 0. The molecule has 0 bridgehead atoms. The van der Waals surface area contributed by atoms with Crippen LogP contribution >= 0.6 is 0 Å². The summed E-state index contributed by atoms with van der Waals surface area (Å²) in [4.78, 5) is 38.1. The first kappa shape index (κ1) is 21.5. The van der Waals surface area contributed by atoms with Crippen LogP contribution < -0.4 is 5.32 Å². The molecule has 1 fully saturated rings. The van der Waals surface area contributed by atoms with Crippen molar-refractivity contribution in [2.24, 2.45) is 11.8 Å². The molecule has 144 valence electrons. The number of hydrogen-bond donors (Lipinski definition) is 2. The highest BCUT2D eigenvalue weighted by Gasteiger charge is 2.30. The lowest BCUT2D eigenvalue weighted by atomic mass is 9.94. The molecule has 2 amide bonds. The Balaban J connectivity index is 2.89. The molecule has 2 N–H and O–H groups in total. The zero-order valence-electron chi connectivity index (χ0n) is 15.9. The molecule has 0 unspecified atom stereocenters. The third kappa shape index (κ3) is 7.88. The zero-order valence-corrected chi connectivity index (χ0v) is 15.9. The van der Waals surface area contributed by atoms with Crippen LogP contribution in [0, 0.1) is 11.8 Å². The van der Waals surface area contributed by atoms with Gasteiger partial charge >= 0.3 is 5.97 Å². The van der Waals surface area contributed by atoms with Crippen LogP contribution in [0.15, 0.2) is 0 Å². The molecule has 0 aliphatic carbocycles. The quantitative estimate of drug-likeness (QED) is 0.816. The van der Waals surface area contributed by atoms with Gasteiger partial charge in [0.1, 0.15) is 6.04 Å². The Morgan fingerprint density at radius 2 is 1.68 bits per heavy atom. The van der Waals surface area contributed by atoms with Crippen molar-refractivity contribution in [1.82, 2.24) is 10.2 Å². The van der Waals surface area contributed by atoms with Crippen LogP contribution in [0.25, 0.3) is 0 Å². The Bertz CT molecular complexity index is 451. The highest BCUT2D eigenvalue weighted by Crippen LogP contribution is 2.18. The van der Waals surface area contributed by atoms with Crippen molar-refractivity contribution in [3.05, 3.63) is 0 Å². The highest BCUT2D eigenvalue weighted by molar-refractivity contribution is 5.90. The Kier molecular flexibility index (Phi) is 9.53. The largest absolute Gasteiger partial charge is 0.481 e. The number of rotatable bonds is 3. The van der Waals surface area contributed by atoms with E-state index in [-0.39, 0.29) is 24.2 Å². The summed E-state index contributed by atoms with van der Waals surface area (Å²) in [6.07, 6.45) is 7.77. The van der Waals surface area contributed by atoms with Gasteiger partial charge in [-0.1, -0.05) is 52.4 Å². The van der Waals surface area contributed by atoms with Crippen molar-refractivity contribution in [2.45, 2.75) is 77.7 Å². The molecule has 0 aromatic heterocycles. The van der Waals surface area contributed by atoms with E-state index >= 15 is 0 Å². The Labute approximate surface area is 151 Å². The molecule has 1 aliphatic rings. The summed E-state index contributed by atoms with van der Waals surface area (Å²) < 4.78 is 0. The number of amides is 2. The molecular formula is C19H34N2O4. The molecule has 0 spiro atoms. The van der Waals surface area contributed by atoms with E-state index in [0.717, 1.165) is 44.9 Å². The molecular weight excluding hydrogens is 320 g/mol. The van der Waals surface area contributed by atoms with Crippen molar-refractivity contribution < 1.29 is 19.5 Å². The first-order valence-electron chi connectivity index (χ1n) is 9.60. The van der Waals surface area contributed by atoms with E-state index < -0.39 is 17.9 Å². The second-order valence-electron chi connectivity index (χ2n) is 7.55. The van der Waals surface area contributed by atoms with Gasteiger partial charge in [-0.05, 0) is 18.8 Å². The summed E-state index contributed by atoms with van der Waals surface area (Å²) in [6.45, 7) is 4.49. The van der Waals surface area contributed by atoms with Crippen LogP contribution in [0.1, 0.15) is 71.6 Å². The summed E-state index contributed by atoms with van der Waals surface area (Å²) in [6, 6.07) is -0.598. The van der Waals surface area contributed by atoms with Crippen molar-refractivity contribution in [1.29, 1.82) is 0 Å². The van der Waals surface area contributed by atoms with Gasteiger partial charge in [0, 0.05) is 19.5 Å². The van der Waals surface area contributed by atoms with E-state index in [2.05, 4.69) is 5.32 Å². The number of carboxylic acids is 1. The zero-order chi connectivity index (χ0) is 18.8. The van der Waals surface area contributed by atoms with E-state index in [1.165, 1.54) is 0 Å². The Morgan fingerprint density at radius 3 is 2.24 bits per heavy atom. The van der Waals surface area contributed by atoms with E-state index in [1.807, 2.05) is 13.8 Å². The maximum absolute atomic E-state index is 12.7. The maximum Gasteiger partial charge on any atom is 0.304 e. The number of carbonyl (C=O) groups is 3. The molecule has 0 aromatic carbocycles. The minimum atomic E-state index is -0.970. The first-order chi connectivity index (χ1) is 11.8. The van der Waals surface area contributed by atoms with Gasteiger partial charge in [0.25, 0.3) is 0 Å². The van der Waals surface area contributed by atoms with Gasteiger partial charge in [-0.2, -0.15) is 0 Å². The topological polar surface area (TPSA) is 86.7 Å². The standard InChI is InChI=1S/C19H34N2O4/c1-14(2)17-19(25)21(3)12-10-8-6-4-5-7-9-11-15(13-16(22)23)18(24)20-17/h14-15,17H,4-13H2,1-3H3,(H,20,24)(H,22,23)/t15-,17+/m1/s1. The van der Waals surface area contributed by atoms with Crippen LogP contribution in [-0.4, -0.2) is 47.4 Å². The van der Waals surface area contributed by atoms with Crippen LogP contribution in [0.5, 0.6) is 0 Å². The SMILES string of the molecule is CC(C)[C@@H]1NC(=O)[C@@H](CC(=O)O)CCCCCCCCCN(C)C1=O. The summed E-state index contributed by atoms with van der Waals surface area (Å²) in [7, 11) is 1.77. The molecule has 6 nitrogen and oxygen atoms in total.